The lowest BCUT2D eigenvalue weighted by atomic mass is 10.2. The number of carbonyl (C=O) groups excluding carboxylic acids is 1. The summed E-state index contributed by atoms with van der Waals surface area (Å²) in [5, 5.41) is 2.73. The molecule has 0 aliphatic rings. The van der Waals surface area contributed by atoms with Gasteiger partial charge >= 0.3 is 0 Å². The lowest BCUT2D eigenvalue weighted by molar-refractivity contribution is 0.0948. The van der Waals surface area contributed by atoms with Gasteiger partial charge in [0.2, 0.25) is 0 Å². The molecule has 1 aromatic rings. The molecule has 0 aliphatic carbocycles. The maximum atomic E-state index is 11.9. The summed E-state index contributed by atoms with van der Waals surface area (Å²) < 4.78 is 1.74. The van der Waals surface area contributed by atoms with E-state index in [0.717, 1.165) is 8.04 Å². The Balaban J connectivity index is 2.88. The minimum Gasteiger partial charge on any atom is -0.392 e. The van der Waals surface area contributed by atoms with Crippen LogP contribution in [0.2, 0.25) is 0 Å². The number of hydrogen-bond donors (Lipinski definition) is 2. The van der Waals surface area contributed by atoms with Gasteiger partial charge < -0.3 is 11.1 Å². The number of rotatable bonds is 3. The van der Waals surface area contributed by atoms with Gasteiger partial charge in [-0.2, -0.15) is 0 Å². The second-order valence-corrected chi connectivity index (χ2v) is 5.79. The van der Waals surface area contributed by atoms with Crippen LogP contribution < -0.4 is 11.1 Å². The third-order valence-electron chi connectivity index (χ3n) is 1.95. The Labute approximate surface area is 121 Å². The van der Waals surface area contributed by atoms with E-state index >= 15 is 0 Å². The van der Waals surface area contributed by atoms with E-state index in [1.165, 1.54) is 0 Å². The summed E-state index contributed by atoms with van der Waals surface area (Å²) in [4.78, 5) is 12.1. The number of nitrogens with two attached hydrogens (primary N) is 1. The zero-order valence-corrected chi connectivity index (χ0v) is 13.0. The quantitative estimate of drug-likeness (QED) is 0.592. The third kappa shape index (κ3) is 3.67. The standard InChI is InChI=1S/C10H10BrIN2OS/c1-5(9(13)16)14-10(15)7-4-6(12)2-3-8(7)11/h2-5H,1H3,(H2,13,16)(H,14,15). The highest BCUT2D eigenvalue weighted by molar-refractivity contribution is 14.1. The van der Waals surface area contributed by atoms with Gasteiger partial charge in [0.15, 0.2) is 0 Å². The van der Waals surface area contributed by atoms with Crippen LogP contribution in [0.4, 0.5) is 0 Å². The van der Waals surface area contributed by atoms with Crippen molar-refractivity contribution in [2.75, 3.05) is 0 Å². The van der Waals surface area contributed by atoms with Crippen LogP contribution in [0.5, 0.6) is 0 Å². The van der Waals surface area contributed by atoms with Crippen molar-refractivity contribution >= 4 is 61.6 Å². The van der Waals surface area contributed by atoms with E-state index in [1.54, 1.807) is 13.0 Å². The monoisotopic (exact) mass is 412 g/mol. The van der Waals surface area contributed by atoms with E-state index < -0.39 is 0 Å². The molecular weight excluding hydrogens is 403 g/mol. The molecule has 3 nitrogen and oxygen atoms in total. The van der Waals surface area contributed by atoms with Crippen molar-refractivity contribution in [2.24, 2.45) is 5.73 Å². The van der Waals surface area contributed by atoms with Crippen LogP contribution >= 0.6 is 50.7 Å². The van der Waals surface area contributed by atoms with Crippen molar-refractivity contribution in [3.05, 3.63) is 31.8 Å². The van der Waals surface area contributed by atoms with E-state index in [1.807, 2.05) is 12.1 Å². The van der Waals surface area contributed by atoms with Gasteiger partial charge in [0, 0.05) is 8.04 Å². The predicted molar refractivity (Wildman–Crippen MR) is 80.6 cm³/mol. The van der Waals surface area contributed by atoms with Crippen molar-refractivity contribution in [2.45, 2.75) is 13.0 Å². The van der Waals surface area contributed by atoms with Crippen molar-refractivity contribution < 1.29 is 4.79 Å². The summed E-state index contributed by atoms with van der Waals surface area (Å²) in [5.74, 6) is -0.189. The highest BCUT2D eigenvalue weighted by Gasteiger charge is 2.14. The van der Waals surface area contributed by atoms with Crippen molar-refractivity contribution in [3.63, 3.8) is 0 Å². The molecule has 1 unspecified atom stereocenters. The minimum atomic E-state index is -0.313. The molecule has 0 radical (unpaired) electrons. The molecule has 1 amide bonds. The van der Waals surface area contributed by atoms with Gasteiger partial charge in [0.05, 0.1) is 16.6 Å². The van der Waals surface area contributed by atoms with E-state index in [0.29, 0.717) is 5.56 Å². The molecule has 3 N–H and O–H groups in total. The molecule has 6 heteroatoms. The summed E-state index contributed by atoms with van der Waals surface area (Å²) in [5.41, 5.74) is 6.01. The molecule has 0 fully saturated rings. The van der Waals surface area contributed by atoms with Crippen molar-refractivity contribution in [1.82, 2.24) is 5.32 Å². The first kappa shape index (κ1) is 13.9. The number of benzene rings is 1. The van der Waals surface area contributed by atoms with Gasteiger partial charge in [-0.1, -0.05) is 12.2 Å². The summed E-state index contributed by atoms with van der Waals surface area (Å²) in [6.45, 7) is 1.75. The molecule has 0 spiro atoms. The van der Waals surface area contributed by atoms with E-state index in [9.17, 15) is 4.79 Å². The molecule has 0 saturated carbocycles. The Bertz CT molecular complexity index is 439. The largest absolute Gasteiger partial charge is 0.392 e. The molecule has 1 aromatic carbocycles. The highest BCUT2D eigenvalue weighted by Crippen LogP contribution is 2.19. The molecule has 86 valence electrons. The number of thiocarbonyl (C=S) groups is 1. The van der Waals surface area contributed by atoms with Gasteiger partial charge in [-0.15, -0.1) is 0 Å². The van der Waals surface area contributed by atoms with Crippen LogP contribution in [0.25, 0.3) is 0 Å². The number of hydrogen-bond acceptors (Lipinski definition) is 2. The zero-order chi connectivity index (χ0) is 12.3. The molecule has 0 aliphatic heterocycles. The maximum absolute atomic E-state index is 11.9. The average Bonchev–Trinajstić information content (AvgIpc) is 2.21. The summed E-state index contributed by atoms with van der Waals surface area (Å²) in [7, 11) is 0. The van der Waals surface area contributed by atoms with Crippen molar-refractivity contribution in [1.29, 1.82) is 0 Å². The molecule has 1 rings (SSSR count). The average molecular weight is 413 g/mol. The van der Waals surface area contributed by atoms with Gasteiger partial charge in [-0.25, -0.2) is 0 Å². The number of carbonyl (C=O) groups is 1. The Morgan fingerprint density at radius 1 is 1.62 bits per heavy atom. The van der Waals surface area contributed by atoms with Crippen LogP contribution in [-0.4, -0.2) is 16.9 Å². The fourth-order valence-electron chi connectivity index (χ4n) is 1.02. The van der Waals surface area contributed by atoms with Crippen molar-refractivity contribution in [3.8, 4) is 0 Å². The number of nitrogens with one attached hydrogen (secondary N) is 1. The third-order valence-corrected chi connectivity index (χ3v) is 3.66. The Morgan fingerprint density at radius 3 is 2.81 bits per heavy atom. The zero-order valence-electron chi connectivity index (χ0n) is 8.46. The van der Waals surface area contributed by atoms with Gasteiger partial charge in [-0.05, 0) is 63.6 Å². The fraction of sp³-hybridized carbons (Fsp3) is 0.200. The summed E-state index contributed by atoms with van der Waals surface area (Å²) >= 11 is 10.3. The van der Waals surface area contributed by atoms with E-state index in [-0.39, 0.29) is 16.9 Å². The number of halogens is 2. The number of amides is 1. The Morgan fingerprint density at radius 2 is 2.25 bits per heavy atom. The van der Waals surface area contributed by atoms with Gasteiger partial charge in [0.25, 0.3) is 5.91 Å². The molecule has 0 heterocycles. The minimum absolute atomic E-state index is 0.189. The Kier molecular flexibility index (Phi) is 5.13. The smallest absolute Gasteiger partial charge is 0.253 e. The van der Waals surface area contributed by atoms with E-state index in [4.69, 9.17) is 18.0 Å². The maximum Gasteiger partial charge on any atom is 0.253 e. The molecular formula is C10H10BrIN2OS. The Hall–Kier alpha value is -0.210. The summed E-state index contributed by atoms with van der Waals surface area (Å²) in [6, 6.07) is 5.24. The molecule has 16 heavy (non-hydrogen) atoms. The lowest BCUT2D eigenvalue weighted by Crippen LogP contribution is -2.41. The second kappa shape index (κ2) is 5.92. The van der Waals surface area contributed by atoms with Crippen LogP contribution in [-0.2, 0) is 0 Å². The molecule has 0 bridgehead atoms. The first-order valence-electron chi connectivity index (χ1n) is 4.47. The topological polar surface area (TPSA) is 55.1 Å². The summed E-state index contributed by atoms with van der Waals surface area (Å²) in [6.07, 6.45) is 0. The normalized spacial score (nSPS) is 11.9. The van der Waals surface area contributed by atoms with Crippen LogP contribution in [0, 0.1) is 3.57 Å². The molecule has 0 saturated heterocycles. The predicted octanol–water partition coefficient (Wildman–Crippen LogP) is 2.46. The van der Waals surface area contributed by atoms with Gasteiger partial charge in [-0.3, -0.25) is 4.79 Å². The van der Waals surface area contributed by atoms with Crippen LogP contribution in [0.1, 0.15) is 17.3 Å². The van der Waals surface area contributed by atoms with Crippen LogP contribution in [0.15, 0.2) is 22.7 Å². The molecule has 1 atom stereocenters. The van der Waals surface area contributed by atoms with Crippen LogP contribution in [0.3, 0.4) is 0 Å². The first-order chi connectivity index (χ1) is 7.41. The SMILES string of the molecule is CC(NC(=O)c1cc(I)ccc1Br)C(N)=S. The lowest BCUT2D eigenvalue weighted by Gasteiger charge is -2.13. The highest BCUT2D eigenvalue weighted by atomic mass is 127. The second-order valence-electron chi connectivity index (χ2n) is 3.22. The van der Waals surface area contributed by atoms with E-state index in [2.05, 4.69) is 43.8 Å². The van der Waals surface area contributed by atoms with Gasteiger partial charge in [0.1, 0.15) is 0 Å². The molecule has 0 aromatic heterocycles. The first-order valence-corrected chi connectivity index (χ1v) is 6.75. The fourth-order valence-corrected chi connectivity index (χ4v) is 1.99.